The van der Waals surface area contributed by atoms with E-state index >= 15 is 0 Å². The highest BCUT2D eigenvalue weighted by Gasteiger charge is 2.45. The fourth-order valence-corrected chi connectivity index (χ4v) is 5.17. The van der Waals surface area contributed by atoms with Crippen LogP contribution in [0.2, 0.25) is 0 Å². The molecular weight excluding hydrogens is 224 g/mol. The van der Waals surface area contributed by atoms with Crippen molar-refractivity contribution in [2.45, 2.75) is 57.0 Å². The molecule has 4 rings (SSSR count). The van der Waals surface area contributed by atoms with Gasteiger partial charge in [-0.2, -0.15) is 0 Å². The summed E-state index contributed by atoms with van der Waals surface area (Å²) < 4.78 is 0. The maximum absolute atomic E-state index is 12.4. The Kier molecular flexibility index (Phi) is 2.65. The zero-order valence-electron chi connectivity index (χ0n) is 11.0. The summed E-state index contributed by atoms with van der Waals surface area (Å²) in [5.41, 5.74) is 0. The molecule has 3 heteroatoms. The van der Waals surface area contributed by atoms with Crippen LogP contribution in [-0.4, -0.2) is 24.5 Å². The van der Waals surface area contributed by atoms with Gasteiger partial charge in [0.2, 0.25) is 5.91 Å². The molecule has 1 amide bonds. The second-order valence-electron chi connectivity index (χ2n) is 7.03. The molecule has 6 atom stereocenters. The predicted molar refractivity (Wildman–Crippen MR) is 70.0 cm³/mol. The van der Waals surface area contributed by atoms with Crippen LogP contribution < -0.4 is 10.6 Å². The molecule has 0 aromatic rings. The lowest BCUT2D eigenvalue weighted by Gasteiger charge is -2.26. The molecule has 4 aliphatic rings. The van der Waals surface area contributed by atoms with Gasteiger partial charge >= 0.3 is 0 Å². The molecule has 18 heavy (non-hydrogen) atoms. The third-order valence-electron chi connectivity index (χ3n) is 6.09. The minimum absolute atomic E-state index is 0.122. The molecule has 0 aromatic heterocycles. The van der Waals surface area contributed by atoms with E-state index in [-0.39, 0.29) is 6.04 Å². The summed E-state index contributed by atoms with van der Waals surface area (Å²) in [6.07, 6.45) is 9.28. The molecule has 3 saturated carbocycles. The Morgan fingerprint density at radius 1 is 1.06 bits per heavy atom. The summed E-state index contributed by atoms with van der Waals surface area (Å²) in [6.45, 7) is 1.07. The number of fused-ring (bicyclic) bond motifs is 3. The first-order valence-corrected chi connectivity index (χ1v) is 7.85. The summed E-state index contributed by atoms with van der Waals surface area (Å²) in [5.74, 6) is 3.42. The average Bonchev–Trinajstić information content (AvgIpc) is 3.09. The van der Waals surface area contributed by atoms with E-state index in [1.54, 1.807) is 0 Å². The molecule has 2 N–H and O–H groups in total. The first-order valence-electron chi connectivity index (χ1n) is 7.85. The van der Waals surface area contributed by atoms with E-state index < -0.39 is 0 Å². The van der Waals surface area contributed by atoms with Crippen molar-refractivity contribution in [1.82, 2.24) is 10.6 Å². The second-order valence-corrected chi connectivity index (χ2v) is 7.03. The van der Waals surface area contributed by atoms with Crippen molar-refractivity contribution in [3.8, 4) is 0 Å². The van der Waals surface area contributed by atoms with Gasteiger partial charge in [0.1, 0.15) is 0 Å². The van der Waals surface area contributed by atoms with Gasteiger partial charge in [-0.3, -0.25) is 4.79 Å². The highest BCUT2D eigenvalue weighted by atomic mass is 16.2. The van der Waals surface area contributed by atoms with E-state index in [1.807, 2.05) is 0 Å². The SMILES string of the molecule is O=C(NC1CC2CCC1C2)C1NCC2CCCC21. The Hall–Kier alpha value is -0.570. The molecule has 3 nitrogen and oxygen atoms in total. The number of nitrogens with one attached hydrogen (secondary N) is 2. The fraction of sp³-hybridized carbons (Fsp3) is 0.933. The Morgan fingerprint density at radius 2 is 2.00 bits per heavy atom. The van der Waals surface area contributed by atoms with Crippen LogP contribution in [-0.2, 0) is 4.79 Å². The number of amides is 1. The van der Waals surface area contributed by atoms with E-state index in [4.69, 9.17) is 0 Å². The summed E-state index contributed by atoms with van der Waals surface area (Å²) in [7, 11) is 0. The van der Waals surface area contributed by atoms with Gasteiger partial charge < -0.3 is 10.6 Å². The maximum atomic E-state index is 12.4. The van der Waals surface area contributed by atoms with Crippen molar-refractivity contribution in [3.05, 3.63) is 0 Å². The van der Waals surface area contributed by atoms with Crippen molar-refractivity contribution in [1.29, 1.82) is 0 Å². The normalized spacial score (nSPS) is 49.6. The highest BCUT2D eigenvalue weighted by molar-refractivity contribution is 5.83. The fourth-order valence-electron chi connectivity index (χ4n) is 5.17. The second kappa shape index (κ2) is 4.22. The van der Waals surface area contributed by atoms with E-state index in [1.165, 1.54) is 44.9 Å². The highest BCUT2D eigenvalue weighted by Crippen LogP contribution is 2.44. The number of hydrogen-bond acceptors (Lipinski definition) is 2. The van der Waals surface area contributed by atoms with Gasteiger partial charge in [0.25, 0.3) is 0 Å². The van der Waals surface area contributed by atoms with Gasteiger partial charge in [0, 0.05) is 6.04 Å². The van der Waals surface area contributed by atoms with Gasteiger partial charge in [-0.1, -0.05) is 12.8 Å². The molecule has 1 heterocycles. The van der Waals surface area contributed by atoms with Crippen LogP contribution >= 0.6 is 0 Å². The summed E-state index contributed by atoms with van der Waals surface area (Å²) in [5, 5.41) is 6.83. The van der Waals surface area contributed by atoms with Crippen LogP contribution in [0, 0.1) is 23.7 Å². The van der Waals surface area contributed by atoms with Gasteiger partial charge in [-0.25, -0.2) is 0 Å². The van der Waals surface area contributed by atoms with Crippen LogP contribution in [0.25, 0.3) is 0 Å². The molecule has 3 aliphatic carbocycles. The Bertz CT molecular complexity index is 356. The van der Waals surface area contributed by atoms with E-state index in [9.17, 15) is 4.79 Å². The molecule has 4 fully saturated rings. The van der Waals surface area contributed by atoms with Crippen LogP contribution in [0.15, 0.2) is 0 Å². The quantitative estimate of drug-likeness (QED) is 0.780. The van der Waals surface area contributed by atoms with Gasteiger partial charge in [-0.15, -0.1) is 0 Å². The molecule has 1 aliphatic heterocycles. The number of carbonyl (C=O) groups excluding carboxylic acids is 1. The van der Waals surface area contributed by atoms with Crippen LogP contribution in [0.5, 0.6) is 0 Å². The van der Waals surface area contributed by atoms with Crippen molar-refractivity contribution >= 4 is 5.91 Å². The predicted octanol–water partition coefficient (Wildman–Crippen LogP) is 1.68. The molecule has 100 valence electrons. The van der Waals surface area contributed by atoms with Gasteiger partial charge in [-0.05, 0) is 62.3 Å². The monoisotopic (exact) mass is 248 g/mol. The Morgan fingerprint density at radius 3 is 2.78 bits per heavy atom. The minimum atomic E-state index is 0.122. The summed E-state index contributed by atoms with van der Waals surface area (Å²) in [6, 6.07) is 0.620. The molecule has 2 bridgehead atoms. The molecule has 1 saturated heterocycles. The smallest absolute Gasteiger partial charge is 0.237 e. The average molecular weight is 248 g/mol. The lowest BCUT2D eigenvalue weighted by Crippen LogP contribution is -2.49. The summed E-state index contributed by atoms with van der Waals surface area (Å²) >= 11 is 0. The van der Waals surface area contributed by atoms with Crippen LogP contribution in [0.1, 0.15) is 44.9 Å². The van der Waals surface area contributed by atoms with Crippen LogP contribution in [0.4, 0.5) is 0 Å². The molecule has 0 aromatic carbocycles. The molecule has 6 unspecified atom stereocenters. The molecule has 0 spiro atoms. The standard InChI is InChI=1S/C15H24N2O/c18-15(14-12-3-1-2-11(12)8-16-14)17-13-7-9-4-5-10(13)6-9/h9-14,16H,1-8H2,(H,17,18). The van der Waals surface area contributed by atoms with Crippen molar-refractivity contribution in [2.75, 3.05) is 6.54 Å². The zero-order chi connectivity index (χ0) is 12.1. The molecule has 0 radical (unpaired) electrons. The van der Waals surface area contributed by atoms with E-state index in [2.05, 4.69) is 10.6 Å². The first kappa shape index (κ1) is 11.3. The number of carbonyl (C=O) groups is 1. The first-order chi connectivity index (χ1) is 8.81. The zero-order valence-corrected chi connectivity index (χ0v) is 11.0. The van der Waals surface area contributed by atoms with Crippen LogP contribution in [0.3, 0.4) is 0 Å². The summed E-state index contributed by atoms with van der Waals surface area (Å²) in [4.78, 5) is 12.4. The topological polar surface area (TPSA) is 41.1 Å². The van der Waals surface area contributed by atoms with Gasteiger partial charge in [0.15, 0.2) is 0 Å². The largest absolute Gasteiger partial charge is 0.352 e. The maximum Gasteiger partial charge on any atom is 0.237 e. The minimum Gasteiger partial charge on any atom is -0.352 e. The third-order valence-corrected chi connectivity index (χ3v) is 6.09. The number of rotatable bonds is 2. The van der Waals surface area contributed by atoms with Gasteiger partial charge in [0.05, 0.1) is 6.04 Å². The lowest BCUT2D eigenvalue weighted by atomic mass is 9.92. The number of hydrogen-bond donors (Lipinski definition) is 2. The Labute approximate surface area is 109 Å². The van der Waals surface area contributed by atoms with Crippen molar-refractivity contribution in [2.24, 2.45) is 23.7 Å². The third kappa shape index (κ3) is 1.70. The Balaban J connectivity index is 1.39. The van der Waals surface area contributed by atoms with Crippen molar-refractivity contribution < 1.29 is 4.79 Å². The van der Waals surface area contributed by atoms with Crippen molar-refractivity contribution in [3.63, 3.8) is 0 Å². The molecular formula is C15H24N2O. The van der Waals surface area contributed by atoms with E-state index in [0.29, 0.717) is 17.9 Å². The van der Waals surface area contributed by atoms with E-state index in [0.717, 1.165) is 24.3 Å². The lowest BCUT2D eigenvalue weighted by molar-refractivity contribution is -0.124.